The molecular weight excluding hydrogens is 318 g/mol. The molecule has 26 heavy (non-hydrogen) atoms. The molecule has 2 N–H and O–H groups in total. The lowest BCUT2D eigenvalue weighted by Gasteiger charge is -2.24. The summed E-state index contributed by atoms with van der Waals surface area (Å²) in [6, 6.07) is 29.6. The molecule has 0 aliphatic carbocycles. The van der Waals surface area contributed by atoms with E-state index in [9.17, 15) is 5.11 Å². The molecular formula is C24H27NO. The molecule has 0 saturated heterocycles. The topological polar surface area (TPSA) is 32.3 Å². The number of benzene rings is 3. The van der Waals surface area contributed by atoms with E-state index in [1.807, 2.05) is 12.1 Å². The van der Waals surface area contributed by atoms with Crippen LogP contribution in [0.2, 0.25) is 0 Å². The van der Waals surface area contributed by atoms with Crippen LogP contribution in [0.15, 0.2) is 84.9 Å². The van der Waals surface area contributed by atoms with Gasteiger partial charge in [-0.15, -0.1) is 0 Å². The maximum Gasteiger partial charge on any atom is 0.115 e. The van der Waals surface area contributed by atoms with Crippen molar-refractivity contribution in [3.05, 3.63) is 102 Å². The predicted molar refractivity (Wildman–Crippen MR) is 108 cm³/mol. The maximum absolute atomic E-state index is 9.41. The van der Waals surface area contributed by atoms with Crippen LogP contribution in [0.3, 0.4) is 0 Å². The first kappa shape index (κ1) is 18.2. The summed E-state index contributed by atoms with van der Waals surface area (Å²) in [5, 5.41) is 13.2. The molecule has 2 unspecified atom stereocenters. The van der Waals surface area contributed by atoms with Crippen LogP contribution in [0.4, 0.5) is 0 Å². The predicted octanol–water partition coefficient (Wildman–Crippen LogP) is 5.29. The summed E-state index contributed by atoms with van der Waals surface area (Å²) in [6.45, 7) is 2.25. The molecule has 0 bridgehead atoms. The summed E-state index contributed by atoms with van der Waals surface area (Å²) < 4.78 is 0. The minimum Gasteiger partial charge on any atom is -0.508 e. The minimum absolute atomic E-state index is 0.299. The first-order valence-corrected chi connectivity index (χ1v) is 9.33. The molecule has 0 radical (unpaired) electrons. The Morgan fingerprint density at radius 1 is 0.769 bits per heavy atom. The van der Waals surface area contributed by atoms with Crippen LogP contribution >= 0.6 is 0 Å². The van der Waals surface area contributed by atoms with Crippen LogP contribution in [-0.2, 0) is 12.8 Å². The van der Waals surface area contributed by atoms with Crippen LogP contribution in [0.5, 0.6) is 5.75 Å². The van der Waals surface area contributed by atoms with Gasteiger partial charge in [0.1, 0.15) is 5.75 Å². The van der Waals surface area contributed by atoms with Crippen LogP contribution in [0, 0.1) is 0 Å². The van der Waals surface area contributed by atoms with Crippen molar-refractivity contribution < 1.29 is 5.11 Å². The highest BCUT2D eigenvalue weighted by atomic mass is 16.3. The van der Waals surface area contributed by atoms with Gasteiger partial charge in [0.15, 0.2) is 0 Å². The number of phenols is 1. The first-order valence-electron chi connectivity index (χ1n) is 9.33. The molecule has 0 aliphatic heterocycles. The van der Waals surface area contributed by atoms with Gasteiger partial charge in [-0.05, 0) is 55.0 Å². The second-order valence-electron chi connectivity index (χ2n) is 6.93. The Bertz CT molecular complexity index is 768. The molecule has 3 aromatic rings. The average Bonchev–Trinajstić information content (AvgIpc) is 2.68. The second-order valence-corrected chi connectivity index (χ2v) is 6.93. The molecule has 2 atom stereocenters. The van der Waals surface area contributed by atoms with Gasteiger partial charge in [-0.25, -0.2) is 0 Å². The molecule has 0 aromatic heterocycles. The van der Waals surface area contributed by atoms with E-state index in [1.165, 1.54) is 16.7 Å². The third-order valence-corrected chi connectivity index (χ3v) is 4.77. The third-order valence-electron chi connectivity index (χ3n) is 4.77. The largest absolute Gasteiger partial charge is 0.508 e. The summed E-state index contributed by atoms with van der Waals surface area (Å²) in [5.74, 6) is 0.326. The molecule has 0 saturated carbocycles. The maximum atomic E-state index is 9.41. The molecule has 2 nitrogen and oxygen atoms in total. The number of rotatable bonds is 8. The molecule has 0 aliphatic rings. The number of nitrogens with one attached hydrogen (secondary N) is 1. The second kappa shape index (κ2) is 9.21. The van der Waals surface area contributed by atoms with Crippen molar-refractivity contribution in [2.75, 3.05) is 0 Å². The number of aryl methyl sites for hydroxylation is 1. The molecule has 3 aromatic carbocycles. The van der Waals surface area contributed by atoms with Gasteiger partial charge in [-0.3, -0.25) is 0 Å². The van der Waals surface area contributed by atoms with E-state index in [0.717, 1.165) is 19.3 Å². The lowest BCUT2D eigenvalue weighted by Crippen LogP contribution is -2.32. The monoisotopic (exact) mass is 345 g/mol. The zero-order valence-corrected chi connectivity index (χ0v) is 15.3. The van der Waals surface area contributed by atoms with Crippen molar-refractivity contribution in [1.29, 1.82) is 0 Å². The first-order chi connectivity index (χ1) is 12.7. The van der Waals surface area contributed by atoms with Crippen molar-refractivity contribution in [3.63, 3.8) is 0 Å². The zero-order valence-electron chi connectivity index (χ0n) is 15.3. The molecule has 0 amide bonds. The Hall–Kier alpha value is -2.58. The van der Waals surface area contributed by atoms with Gasteiger partial charge in [0.25, 0.3) is 0 Å². The van der Waals surface area contributed by atoms with Gasteiger partial charge in [-0.2, -0.15) is 0 Å². The SMILES string of the molecule is CC(CCc1ccc(O)cc1)NC(Cc1ccccc1)c1ccccc1. The van der Waals surface area contributed by atoms with Crippen LogP contribution in [0.1, 0.15) is 36.1 Å². The summed E-state index contributed by atoms with van der Waals surface area (Å²) in [6.07, 6.45) is 3.04. The van der Waals surface area contributed by atoms with Crippen molar-refractivity contribution in [2.24, 2.45) is 0 Å². The average molecular weight is 345 g/mol. The van der Waals surface area contributed by atoms with Gasteiger partial charge in [0.2, 0.25) is 0 Å². The van der Waals surface area contributed by atoms with Crippen molar-refractivity contribution in [2.45, 2.75) is 38.3 Å². The van der Waals surface area contributed by atoms with Gasteiger partial charge < -0.3 is 10.4 Å². The molecule has 3 rings (SSSR count). The zero-order chi connectivity index (χ0) is 18.2. The fraction of sp³-hybridized carbons (Fsp3) is 0.250. The molecule has 2 heteroatoms. The van der Waals surface area contributed by atoms with Crippen molar-refractivity contribution >= 4 is 0 Å². The van der Waals surface area contributed by atoms with E-state index in [4.69, 9.17) is 0 Å². The molecule has 0 spiro atoms. The number of phenolic OH excluding ortho intramolecular Hbond substituents is 1. The van der Waals surface area contributed by atoms with Crippen LogP contribution in [0.25, 0.3) is 0 Å². The lowest BCUT2D eigenvalue weighted by molar-refractivity contribution is 0.433. The van der Waals surface area contributed by atoms with Gasteiger partial charge in [0.05, 0.1) is 0 Å². The lowest BCUT2D eigenvalue weighted by atomic mass is 9.97. The van der Waals surface area contributed by atoms with E-state index in [-0.39, 0.29) is 0 Å². The third kappa shape index (κ3) is 5.47. The normalized spacial score (nSPS) is 13.3. The smallest absolute Gasteiger partial charge is 0.115 e. The van der Waals surface area contributed by atoms with E-state index in [1.54, 1.807) is 12.1 Å². The van der Waals surface area contributed by atoms with Gasteiger partial charge in [0, 0.05) is 12.1 Å². The Balaban J connectivity index is 1.63. The number of hydrogen-bond donors (Lipinski definition) is 2. The highest BCUT2D eigenvalue weighted by molar-refractivity contribution is 5.26. The Kier molecular flexibility index (Phi) is 6.45. The molecule has 0 fully saturated rings. The summed E-state index contributed by atoms with van der Waals surface area (Å²) in [7, 11) is 0. The Morgan fingerprint density at radius 2 is 1.38 bits per heavy atom. The summed E-state index contributed by atoms with van der Waals surface area (Å²) in [4.78, 5) is 0. The summed E-state index contributed by atoms with van der Waals surface area (Å²) in [5.41, 5.74) is 3.93. The number of hydrogen-bond acceptors (Lipinski definition) is 2. The Labute approximate surface area is 156 Å². The van der Waals surface area contributed by atoms with E-state index in [2.05, 4.69) is 72.9 Å². The molecule has 0 heterocycles. The Morgan fingerprint density at radius 3 is 2.04 bits per heavy atom. The van der Waals surface area contributed by atoms with Crippen LogP contribution < -0.4 is 5.32 Å². The van der Waals surface area contributed by atoms with Crippen molar-refractivity contribution in [3.8, 4) is 5.75 Å². The van der Waals surface area contributed by atoms with E-state index >= 15 is 0 Å². The fourth-order valence-corrected chi connectivity index (χ4v) is 3.28. The van der Waals surface area contributed by atoms with Crippen LogP contribution in [-0.4, -0.2) is 11.1 Å². The van der Waals surface area contributed by atoms with Crippen molar-refractivity contribution in [1.82, 2.24) is 5.32 Å². The summed E-state index contributed by atoms with van der Waals surface area (Å²) >= 11 is 0. The minimum atomic E-state index is 0.299. The molecule has 134 valence electrons. The van der Waals surface area contributed by atoms with E-state index in [0.29, 0.717) is 17.8 Å². The highest BCUT2D eigenvalue weighted by Crippen LogP contribution is 2.20. The standard InChI is InChI=1S/C24H27NO/c1-19(12-13-20-14-16-23(26)17-15-20)25-24(22-10-6-3-7-11-22)18-21-8-4-2-5-9-21/h2-11,14-17,19,24-26H,12-13,18H2,1H3. The highest BCUT2D eigenvalue weighted by Gasteiger charge is 2.15. The van der Waals surface area contributed by atoms with Gasteiger partial charge >= 0.3 is 0 Å². The quantitative estimate of drug-likeness (QED) is 0.581. The fourth-order valence-electron chi connectivity index (χ4n) is 3.28. The van der Waals surface area contributed by atoms with E-state index < -0.39 is 0 Å². The number of aromatic hydroxyl groups is 1. The van der Waals surface area contributed by atoms with Gasteiger partial charge in [-0.1, -0.05) is 72.8 Å².